The van der Waals surface area contributed by atoms with E-state index in [1.54, 1.807) is 25.1 Å². The Morgan fingerprint density at radius 1 is 1.07 bits per heavy atom. The molecule has 3 aromatic carbocycles. The van der Waals surface area contributed by atoms with Gasteiger partial charge in [0.15, 0.2) is 0 Å². The maximum absolute atomic E-state index is 13.3. The smallest absolute Gasteiger partial charge is 0.340 e. The van der Waals surface area contributed by atoms with Crippen LogP contribution in [0.2, 0.25) is 0 Å². The van der Waals surface area contributed by atoms with E-state index in [9.17, 15) is 14.3 Å². The van der Waals surface area contributed by atoms with Gasteiger partial charge in [0.25, 0.3) is 0 Å². The molecule has 0 radical (unpaired) electrons. The molecule has 0 unspecified atom stereocenters. The predicted molar refractivity (Wildman–Crippen MR) is 107 cm³/mol. The Morgan fingerprint density at radius 3 is 2.43 bits per heavy atom. The van der Waals surface area contributed by atoms with Crippen LogP contribution in [-0.4, -0.2) is 22.2 Å². The highest BCUT2D eigenvalue weighted by Crippen LogP contribution is 2.38. The van der Waals surface area contributed by atoms with Crippen molar-refractivity contribution in [2.45, 2.75) is 20.4 Å². The molecule has 0 aliphatic rings. The third-order valence-corrected chi connectivity index (χ3v) is 5.03. The van der Waals surface area contributed by atoms with Crippen LogP contribution in [-0.2, 0) is 11.3 Å². The molecule has 4 nitrogen and oxygen atoms in total. The largest absolute Gasteiger partial charge is 0.507 e. The van der Waals surface area contributed by atoms with Gasteiger partial charge in [-0.25, -0.2) is 9.18 Å². The van der Waals surface area contributed by atoms with E-state index in [1.807, 2.05) is 35.8 Å². The van der Waals surface area contributed by atoms with Gasteiger partial charge in [0.2, 0.25) is 0 Å². The van der Waals surface area contributed by atoms with Gasteiger partial charge in [-0.3, -0.25) is 0 Å². The molecule has 142 valence electrons. The van der Waals surface area contributed by atoms with Gasteiger partial charge >= 0.3 is 5.97 Å². The molecule has 0 aliphatic carbocycles. The van der Waals surface area contributed by atoms with E-state index in [2.05, 4.69) is 0 Å². The number of rotatable bonds is 4. The maximum Gasteiger partial charge on any atom is 0.340 e. The van der Waals surface area contributed by atoms with Crippen molar-refractivity contribution in [1.29, 1.82) is 0 Å². The number of ether oxygens (including phenoxy) is 1. The van der Waals surface area contributed by atoms with Crippen molar-refractivity contribution in [2.24, 2.45) is 0 Å². The fourth-order valence-corrected chi connectivity index (χ4v) is 3.75. The molecule has 0 atom stereocenters. The summed E-state index contributed by atoms with van der Waals surface area (Å²) in [5, 5.41) is 12.7. The van der Waals surface area contributed by atoms with Crippen LogP contribution in [0.3, 0.4) is 0 Å². The summed E-state index contributed by atoms with van der Waals surface area (Å²) in [5.74, 6) is -0.592. The first kappa shape index (κ1) is 18.0. The number of esters is 1. The van der Waals surface area contributed by atoms with Crippen LogP contribution >= 0.6 is 0 Å². The van der Waals surface area contributed by atoms with E-state index >= 15 is 0 Å². The standard InChI is InChI=1S/C23H20FNO3/c1-3-28-23(27)21-14(2)25(13-15-8-10-16(24)11-9-15)22-18-7-5-4-6-17(18)20(26)12-19(21)22/h4-12,26H,3,13H2,1-2H3. The second kappa shape index (κ2) is 7.00. The first-order valence-electron chi connectivity index (χ1n) is 9.16. The van der Waals surface area contributed by atoms with Crippen LogP contribution < -0.4 is 0 Å². The van der Waals surface area contributed by atoms with Crippen molar-refractivity contribution in [3.63, 3.8) is 0 Å². The normalized spacial score (nSPS) is 11.2. The molecule has 0 bridgehead atoms. The van der Waals surface area contributed by atoms with E-state index in [4.69, 9.17) is 4.74 Å². The van der Waals surface area contributed by atoms with Crippen LogP contribution in [0.5, 0.6) is 5.75 Å². The number of carbonyl (C=O) groups is 1. The Labute approximate surface area is 161 Å². The summed E-state index contributed by atoms with van der Waals surface area (Å²) in [6.07, 6.45) is 0. The number of carbonyl (C=O) groups excluding carboxylic acids is 1. The Kier molecular flexibility index (Phi) is 4.51. The van der Waals surface area contributed by atoms with Gasteiger partial charge in [-0.1, -0.05) is 36.4 Å². The number of phenolic OH excluding ortho intramolecular Hbond substituents is 1. The second-order valence-electron chi connectivity index (χ2n) is 6.73. The average molecular weight is 377 g/mol. The van der Waals surface area contributed by atoms with Crippen LogP contribution in [0.4, 0.5) is 4.39 Å². The van der Waals surface area contributed by atoms with Gasteiger partial charge < -0.3 is 14.4 Å². The zero-order valence-corrected chi connectivity index (χ0v) is 15.7. The zero-order chi connectivity index (χ0) is 19.8. The number of benzene rings is 3. The molecule has 0 saturated heterocycles. The number of halogens is 1. The van der Waals surface area contributed by atoms with E-state index in [1.165, 1.54) is 12.1 Å². The fourth-order valence-electron chi connectivity index (χ4n) is 3.75. The molecule has 0 fully saturated rings. The highest BCUT2D eigenvalue weighted by molar-refractivity contribution is 6.16. The van der Waals surface area contributed by atoms with E-state index in [0.717, 1.165) is 22.2 Å². The highest BCUT2D eigenvalue weighted by atomic mass is 19.1. The molecular formula is C23H20FNO3. The van der Waals surface area contributed by atoms with E-state index in [0.29, 0.717) is 22.9 Å². The van der Waals surface area contributed by atoms with Crippen LogP contribution in [0.15, 0.2) is 54.6 Å². The number of nitrogens with zero attached hydrogens (tertiary/aromatic N) is 1. The molecule has 0 aliphatic heterocycles. The summed E-state index contributed by atoms with van der Waals surface area (Å²) in [6.45, 7) is 4.36. The third kappa shape index (κ3) is 2.89. The SMILES string of the molecule is CCOC(=O)c1c(C)n(Cc2ccc(F)cc2)c2c1cc(O)c1ccccc12. The molecule has 0 spiro atoms. The molecule has 4 rings (SSSR count). The van der Waals surface area contributed by atoms with Gasteiger partial charge in [-0.2, -0.15) is 0 Å². The molecule has 0 amide bonds. The summed E-state index contributed by atoms with van der Waals surface area (Å²) < 4.78 is 20.6. The molecule has 28 heavy (non-hydrogen) atoms. The Morgan fingerprint density at radius 2 is 1.75 bits per heavy atom. The van der Waals surface area contributed by atoms with Crippen LogP contribution in [0.25, 0.3) is 21.7 Å². The summed E-state index contributed by atoms with van der Waals surface area (Å²) in [4.78, 5) is 12.7. The van der Waals surface area contributed by atoms with Gasteiger partial charge in [0, 0.05) is 28.4 Å². The zero-order valence-electron chi connectivity index (χ0n) is 15.7. The second-order valence-corrected chi connectivity index (χ2v) is 6.73. The first-order chi connectivity index (χ1) is 13.5. The van der Waals surface area contributed by atoms with Gasteiger partial charge in [-0.15, -0.1) is 0 Å². The number of hydrogen-bond acceptors (Lipinski definition) is 3. The Hall–Kier alpha value is -3.34. The summed E-state index contributed by atoms with van der Waals surface area (Å²) in [6, 6.07) is 15.5. The van der Waals surface area contributed by atoms with Crippen molar-refractivity contribution in [3.8, 4) is 5.75 Å². The monoisotopic (exact) mass is 377 g/mol. The van der Waals surface area contributed by atoms with Crippen molar-refractivity contribution in [1.82, 2.24) is 4.57 Å². The third-order valence-electron chi connectivity index (χ3n) is 5.03. The van der Waals surface area contributed by atoms with Gasteiger partial charge in [0.1, 0.15) is 11.6 Å². The average Bonchev–Trinajstić information content (AvgIpc) is 2.95. The fraction of sp³-hybridized carbons (Fsp3) is 0.174. The molecule has 0 saturated carbocycles. The number of aromatic nitrogens is 1. The predicted octanol–water partition coefficient (Wildman–Crippen LogP) is 5.17. The first-order valence-corrected chi connectivity index (χ1v) is 9.16. The minimum absolute atomic E-state index is 0.118. The molecular weight excluding hydrogens is 357 g/mol. The van der Waals surface area contributed by atoms with Crippen LogP contribution in [0, 0.1) is 12.7 Å². The number of aromatic hydroxyl groups is 1. The maximum atomic E-state index is 13.3. The lowest BCUT2D eigenvalue weighted by Gasteiger charge is -2.11. The molecule has 4 aromatic rings. The molecule has 1 N–H and O–H groups in total. The number of hydrogen-bond donors (Lipinski definition) is 1. The molecule has 5 heteroatoms. The summed E-state index contributed by atoms with van der Waals surface area (Å²) >= 11 is 0. The molecule has 1 heterocycles. The van der Waals surface area contributed by atoms with Crippen molar-refractivity contribution >= 4 is 27.6 Å². The van der Waals surface area contributed by atoms with Crippen molar-refractivity contribution in [2.75, 3.05) is 6.61 Å². The Bertz CT molecular complexity index is 1190. The number of fused-ring (bicyclic) bond motifs is 3. The lowest BCUT2D eigenvalue weighted by atomic mass is 10.0. The molecule has 1 aromatic heterocycles. The quantitative estimate of drug-likeness (QED) is 0.499. The van der Waals surface area contributed by atoms with Crippen molar-refractivity contribution < 1.29 is 19.0 Å². The van der Waals surface area contributed by atoms with Crippen LogP contribution in [0.1, 0.15) is 28.5 Å². The lowest BCUT2D eigenvalue weighted by Crippen LogP contribution is -2.08. The minimum Gasteiger partial charge on any atom is -0.507 e. The number of phenols is 1. The highest BCUT2D eigenvalue weighted by Gasteiger charge is 2.23. The minimum atomic E-state index is -0.419. The summed E-state index contributed by atoms with van der Waals surface area (Å²) in [7, 11) is 0. The topological polar surface area (TPSA) is 51.5 Å². The van der Waals surface area contributed by atoms with Gasteiger partial charge in [-0.05, 0) is 37.6 Å². The Balaban J connectivity index is 2.04. The van der Waals surface area contributed by atoms with Gasteiger partial charge in [0.05, 0.1) is 17.7 Å². The van der Waals surface area contributed by atoms with E-state index < -0.39 is 5.97 Å². The lowest BCUT2D eigenvalue weighted by molar-refractivity contribution is 0.0527. The summed E-state index contributed by atoms with van der Waals surface area (Å²) in [5.41, 5.74) is 2.95. The van der Waals surface area contributed by atoms with E-state index in [-0.39, 0.29) is 18.2 Å². The van der Waals surface area contributed by atoms with Crippen molar-refractivity contribution in [3.05, 3.63) is 77.2 Å².